The summed E-state index contributed by atoms with van der Waals surface area (Å²) in [5.74, 6) is 1.70. The molecule has 0 aliphatic carbocycles. The van der Waals surface area contributed by atoms with Gasteiger partial charge in [-0.2, -0.15) is 5.26 Å². The fourth-order valence-corrected chi connectivity index (χ4v) is 3.27. The van der Waals surface area contributed by atoms with Crippen LogP contribution in [0.1, 0.15) is 16.7 Å². The fourth-order valence-electron chi connectivity index (χ4n) is 3.27. The van der Waals surface area contributed by atoms with Crippen LogP contribution in [0.25, 0.3) is 0 Å². The van der Waals surface area contributed by atoms with Crippen LogP contribution < -0.4 is 5.32 Å². The van der Waals surface area contributed by atoms with E-state index in [1.165, 1.54) is 37.3 Å². The molecule has 18 heavy (non-hydrogen) atoms. The van der Waals surface area contributed by atoms with Crippen LogP contribution in [0.5, 0.6) is 0 Å². The summed E-state index contributed by atoms with van der Waals surface area (Å²) >= 11 is 0. The topological polar surface area (TPSA) is 39.1 Å². The van der Waals surface area contributed by atoms with Crippen LogP contribution in [-0.4, -0.2) is 31.1 Å². The monoisotopic (exact) mass is 241 g/mol. The Morgan fingerprint density at radius 1 is 1.33 bits per heavy atom. The lowest BCUT2D eigenvalue weighted by Crippen LogP contribution is -2.25. The average molecular weight is 241 g/mol. The van der Waals surface area contributed by atoms with Crippen LogP contribution >= 0.6 is 0 Å². The van der Waals surface area contributed by atoms with E-state index in [9.17, 15) is 0 Å². The Bertz CT molecular complexity index is 477. The summed E-state index contributed by atoms with van der Waals surface area (Å²) in [6.07, 6.45) is 0. The first-order valence-electron chi connectivity index (χ1n) is 6.69. The van der Waals surface area contributed by atoms with Gasteiger partial charge in [0.05, 0.1) is 11.6 Å². The van der Waals surface area contributed by atoms with Crippen molar-refractivity contribution in [3.63, 3.8) is 0 Å². The molecule has 0 saturated carbocycles. The lowest BCUT2D eigenvalue weighted by atomic mass is 10.0. The lowest BCUT2D eigenvalue weighted by molar-refractivity contribution is 0.305. The standard InChI is InChI=1S/C15H19N3/c1-11-4-12(5-16)2-3-13(11)8-18-9-14-6-17-7-15(14)10-18/h2-4,14-15,17H,6-10H2,1H3/t14-,15+. The summed E-state index contributed by atoms with van der Waals surface area (Å²) < 4.78 is 0. The molecule has 94 valence electrons. The highest BCUT2D eigenvalue weighted by atomic mass is 15.2. The Labute approximate surface area is 108 Å². The van der Waals surface area contributed by atoms with Crippen LogP contribution in [0.3, 0.4) is 0 Å². The van der Waals surface area contributed by atoms with Gasteiger partial charge in [-0.05, 0) is 55.1 Å². The van der Waals surface area contributed by atoms with Crippen molar-refractivity contribution in [2.75, 3.05) is 26.2 Å². The van der Waals surface area contributed by atoms with Gasteiger partial charge in [-0.25, -0.2) is 0 Å². The number of nitrogens with zero attached hydrogens (tertiary/aromatic N) is 2. The van der Waals surface area contributed by atoms with Crippen molar-refractivity contribution in [1.82, 2.24) is 10.2 Å². The molecule has 2 aliphatic rings. The first kappa shape index (κ1) is 11.7. The average Bonchev–Trinajstić information content (AvgIpc) is 2.92. The number of hydrogen-bond acceptors (Lipinski definition) is 3. The van der Waals surface area contributed by atoms with Crippen molar-refractivity contribution in [2.24, 2.45) is 11.8 Å². The van der Waals surface area contributed by atoms with Gasteiger partial charge in [0.2, 0.25) is 0 Å². The molecule has 0 amide bonds. The number of hydrogen-bond donors (Lipinski definition) is 1. The zero-order chi connectivity index (χ0) is 12.5. The highest BCUT2D eigenvalue weighted by Crippen LogP contribution is 2.27. The second kappa shape index (κ2) is 4.72. The third kappa shape index (κ3) is 2.14. The van der Waals surface area contributed by atoms with E-state index in [0.717, 1.165) is 23.9 Å². The lowest BCUT2D eigenvalue weighted by Gasteiger charge is -2.18. The maximum atomic E-state index is 8.88. The predicted molar refractivity (Wildman–Crippen MR) is 71.0 cm³/mol. The maximum absolute atomic E-state index is 8.88. The Kier molecular flexibility index (Phi) is 3.07. The molecule has 3 heteroatoms. The molecule has 0 aromatic heterocycles. The van der Waals surface area contributed by atoms with Crippen molar-refractivity contribution in [1.29, 1.82) is 5.26 Å². The zero-order valence-electron chi connectivity index (χ0n) is 10.8. The van der Waals surface area contributed by atoms with E-state index in [-0.39, 0.29) is 0 Å². The van der Waals surface area contributed by atoms with E-state index in [1.807, 2.05) is 12.1 Å². The molecule has 2 atom stereocenters. The summed E-state index contributed by atoms with van der Waals surface area (Å²) in [7, 11) is 0. The van der Waals surface area contributed by atoms with E-state index in [2.05, 4.69) is 29.3 Å². The minimum Gasteiger partial charge on any atom is -0.316 e. The van der Waals surface area contributed by atoms with E-state index in [0.29, 0.717) is 0 Å². The molecule has 3 rings (SSSR count). The predicted octanol–water partition coefficient (Wildman–Crippen LogP) is 1.52. The molecule has 0 unspecified atom stereocenters. The molecule has 1 aromatic carbocycles. The molecule has 2 fully saturated rings. The van der Waals surface area contributed by atoms with Crippen molar-refractivity contribution in [3.05, 3.63) is 34.9 Å². The minimum atomic E-state index is 0.763. The summed E-state index contributed by atoms with van der Waals surface area (Å²) in [6.45, 7) is 7.95. The van der Waals surface area contributed by atoms with Crippen molar-refractivity contribution < 1.29 is 0 Å². The SMILES string of the molecule is Cc1cc(C#N)ccc1CN1C[C@H]2CNC[C@H]2C1. The van der Waals surface area contributed by atoms with Crippen LogP contribution in [0.4, 0.5) is 0 Å². The van der Waals surface area contributed by atoms with Gasteiger partial charge < -0.3 is 5.32 Å². The summed E-state index contributed by atoms with van der Waals surface area (Å²) in [5, 5.41) is 12.4. The Hall–Kier alpha value is -1.37. The number of nitrogens with one attached hydrogen (secondary N) is 1. The highest BCUT2D eigenvalue weighted by molar-refractivity contribution is 5.37. The first-order valence-corrected chi connectivity index (χ1v) is 6.69. The number of benzene rings is 1. The molecule has 2 saturated heterocycles. The number of nitriles is 1. The van der Waals surface area contributed by atoms with E-state index >= 15 is 0 Å². The second-order valence-electron chi connectivity index (χ2n) is 5.63. The molecule has 0 spiro atoms. The van der Waals surface area contributed by atoms with Gasteiger partial charge in [0.15, 0.2) is 0 Å². The van der Waals surface area contributed by atoms with Gasteiger partial charge in [-0.1, -0.05) is 6.07 Å². The molecule has 2 aliphatic heterocycles. The number of rotatable bonds is 2. The van der Waals surface area contributed by atoms with Crippen LogP contribution in [0.15, 0.2) is 18.2 Å². The maximum Gasteiger partial charge on any atom is 0.0991 e. The quantitative estimate of drug-likeness (QED) is 0.853. The van der Waals surface area contributed by atoms with Crippen molar-refractivity contribution in [2.45, 2.75) is 13.5 Å². The molecule has 3 nitrogen and oxygen atoms in total. The molecule has 2 heterocycles. The van der Waals surface area contributed by atoms with Gasteiger partial charge in [0.1, 0.15) is 0 Å². The largest absolute Gasteiger partial charge is 0.316 e. The summed E-state index contributed by atoms with van der Waals surface area (Å²) in [6, 6.07) is 8.24. The first-order chi connectivity index (χ1) is 8.76. The second-order valence-corrected chi connectivity index (χ2v) is 5.63. The Morgan fingerprint density at radius 3 is 2.67 bits per heavy atom. The minimum absolute atomic E-state index is 0.763. The van der Waals surface area contributed by atoms with Gasteiger partial charge in [0, 0.05) is 19.6 Å². The Balaban J connectivity index is 1.69. The van der Waals surface area contributed by atoms with Gasteiger partial charge in [-0.15, -0.1) is 0 Å². The van der Waals surface area contributed by atoms with Gasteiger partial charge in [0.25, 0.3) is 0 Å². The Morgan fingerprint density at radius 2 is 2.06 bits per heavy atom. The number of fused-ring (bicyclic) bond motifs is 1. The van der Waals surface area contributed by atoms with Crippen LogP contribution in [0, 0.1) is 30.1 Å². The highest BCUT2D eigenvalue weighted by Gasteiger charge is 2.35. The molecular formula is C15H19N3. The van der Waals surface area contributed by atoms with Crippen molar-refractivity contribution in [3.8, 4) is 6.07 Å². The summed E-state index contributed by atoms with van der Waals surface area (Å²) in [5.41, 5.74) is 3.37. The molecule has 0 bridgehead atoms. The third-order valence-corrected chi connectivity index (χ3v) is 4.33. The molecular weight excluding hydrogens is 222 g/mol. The van der Waals surface area contributed by atoms with Crippen LogP contribution in [-0.2, 0) is 6.54 Å². The van der Waals surface area contributed by atoms with Crippen LogP contribution in [0.2, 0.25) is 0 Å². The summed E-state index contributed by atoms with van der Waals surface area (Å²) in [4.78, 5) is 2.56. The number of likely N-dealkylation sites (tertiary alicyclic amines) is 1. The molecule has 1 aromatic rings. The van der Waals surface area contributed by atoms with E-state index < -0.39 is 0 Å². The normalized spacial score (nSPS) is 27.1. The van der Waals surface area contributed by atoms with Gasteiger partial charge >= 0.3 is 0 Å². The molecule has 0 radical (unpaired) electrons. The van der Waals surface area contributed by atoms with E-state index in [4.69, 9.17) is 5.26 Å². The van der Waals surface area contributed by atoms with E-state index in [1.54, 1.807) is 0 Å². The fraction of sp³-hybridized carbons (Fsp3) is 0.533. The third-order valence-electron chi connectivity index (χ3n) is 4.33. The molecule has 1 N–H and O–H groups in total. The van der Waals surface area contributed by atoms with Gasteiger partial charge in [-0.3, -0.25) is 4.90 Å². The zero-order valence-corrected chi connectivity index (χ0v) is 10.8. The van der Waals surface area contributed by atoms with Crippen molar-refractivity contribution >= 4 is 0 Å². The smallest absolute Gasteiger partial charge is 0.0991 e. The number of aryl methyl sites for hydroxylation is 1.